The normalized spacial score (nSPS) is 52.0. The van der Waals surface area contributed by atoms with Crippen LogP contribution in [0.5, 0.6) is 0 Å². The van der Waals surface area contributed by atoms with Gasteiger partial charge in [0.05, 0.1) is 12.2 Å². The first-order chi connectivity index (χ1) is 9.59. The van der Waals surface area contributed by atoms with Crippen molar-refractivity contribution >= 4 is 0 Å². The largest absolute Gasteiger partial charge is 0.393 e. The molecule has 4 aliphatic rings. The van der Waals surface area contributed by atoms with Crippen molar-refractivity contribution in [2.75, 3.05) is 0 Å². The fraction of sp³-hybridized carbons (Fsp3) is 0.889. The SMILES string of the molecule is CC12CCC3C4CCC(O)CC4=CCC3C1CCC2O.[Ac]. The quantitative estimate of drug-likeness (QED) is 0.499. The average molecular weight is 503 g/mol. The topological polar surface area (TPSA) is 40.5 Å². The van der Waals surface area contributed by atoms with Crippen molar-refractivity contribution in [3.63, 3.8) is 0 Å². The zero-order chi connectivity index (χ0) is 13.9. The first-order valence-corrected chi connectivity index (χ1v) is 8.64. The molecule has 0 aromatic heterocycles. The van der Waals surface area contributed by atoms with E-state index in [0.717, 1.165) is 42.9 Å². The van der Waals surface area contributed by atoms with Crippen LogP contribution in [0.4, 0.5) is 0 Å². The summed E-state index contributed by atoms with van der Waals surface area (Å²) in [5.74, 6) is 3.13. The Hall–Kier alpha value is 1.10. The zero-order valence-corrected chi connectivity index (χ0v) is 17.9. The molecular weight excluding hydrogens is 475 g/mol. The first-order valence-electron chi connectivity index (χ1n) is 8.64. The second kappa shape index (κ2) is 6.19. The molecule has 7 unspecified atom stereocenters. The van der Waals surface area contributed by atoms with Crippen LogP contribution in [0.3, 0.4) is 0 Å². The fourth-order valence-corrected chi connectivity index (χ4v) is 6.22. The second-order valence-electron chi connectivity index (χ2n) is 8.13. The Labute approximate surface area is 164 Å². The van der Waals surface area contributed by atoms with Crippen molar-refractivity contribution in [2.24, 2.45) is 29.1 Å². The molecule has 7 atom stereocenters. The minimum absolute atomic E-state index is 0. The molecule has 0 amide bonds. The number of rotatable bonds is 0. The van der Waals surface area contributed by atoms with Gasteiger partial charge in [0.1, 0.15) is 0 Å². The summed E-state index contributed by atoms with van der Waals surface area (Å²) < 4.78 is 0. The Morgan fingerprint density at radius 2 is 1.86 bits per heavy atom. The minimum atomic E-state index is -0.0868. The van der Waals surface area contributed by atoms with E-state index in [1.165, 1.54) is 32.1 Å². The molecule has 2 nitrogen and oxygen atoms in total. The standard InChI is InChI=1S/C18H28O2.Ac/c1-18-9-8-14-13-5-3-12(19)10-11(13)2-4-15(14)16(18)6-7-17(18)20;/h2,12-17,19-20H,3-10H2,1H3;. The summed E-state index contributed by atoms with van der Waals surface area (Å²) in [6.07, 6.45) is 11.4. The maximum absolute atomic E-state index is 10.4. The fourth-order valence-electron chi connectivity index (χ4n) is 6.22. The summed E-state index contributed by atoms with van der Waals surface area (Å²) in [4.78, 5) is 0. The molecule has 0 heterocycles. The molecule has 0 spiro atoms. The molecule has 3 saturated carbocycles. The number of hydrogen-bond donors (Lipinski definition) is 2. The van der Waals surface area contributed by atoms with Gasteiger partial charge in [-0.3, -0.25) is 0 Å². The van der Waals surface area contributed by atoms with Crippen molar-refractivity contribution < 1.29 is 54.3 Å². The van der Waals surface area contributed by atoms with E-state index in [2.05, 4.69) is 13.0 Å². The van der Waals surface area contributed by atoms with E-state index in [9.17, 15) is 10.2 Å². The molecular formula is C18H28AcO2. The Morgan fingerprint density at radius 3 is 2.67 bits per heavy atom. The molecule has 0 bridgehead atoms. The molecule has 0 aromatic rings. The number of aliphatic hydroxyl groups is 2. The van der Waals surface area contributed by atoms with Gasteiger partial charge in [0.25, 0.3) is 0 Å². The van der Waals surface area contributed by atoms with Crippen molar-refractivity contribution in [3.8, 4) is 0 Å². The maximum atomic E-state index is 10.4. The van der Waals surface area contributed by atoms with Crippen molar-refractivity contribution in [3.05, 3.63) is 11.6 Å². The number of fused-ring (bicyclic) bond motifs is 5. The van der Waals surface area contributed by atoms with Crippen LogP contribution in [0, 0.1) is 73.1 Å². The van der Waals surface area contributed by atoms with Gasteiger partial charge in [-0.2, -0.15) is 0 Å². The predicted molar refractivity (Wildman–Crippen MR) is 79.1 cm³/mol. The molecule has 1 radical (unpaired) electrons. The third kappa shape index (κ3) is 2.63. The van der Waals surface area contributed by atoms with E-state index in [4.69, 9.17) is 0 Å². The molecule has 21 heavy (non-hydrogen) atoms. The molecule has 0 aliphatic heterocycles. The monoisotopic (exact) mass is 503 g/mol. The molecule has 115 valence electrons. The van der Waals surface area contributed by atoms with E-state index >= 15 is 0 Å². The molecule has 3 fully saturated rings. The molecule has 4 aliphatic carbocycles. The van der Waals surface area contributed by atoms with Crippen LogP contribution >= 0.6 is 0 Å². The van der Waals surface area contributed by atoms with Gasteiger partial charge in [-0.15, -0.1) is 0 Å². The number of aliphatic hydroxyl groups excluding tert-OH is 2. The van der Waals surface area contributed by atoms with Crippen molar-refractivity contribution in [1.29, 1.82) is 0 Å². The van der Waals surface area contributed by atoms with Crippen LogP contribution in [0.25, 0.3) is 0 Å². The van der Waals surface area contributed by atoms with E-state index in [-0.39, 0.29) is 61.7 Å². The van der Waals surface area contributed by atoms with Crippen LogP contribution in [-0.2, 0) is 0 Å². The Kier molecular flexibility index (Phi) is 5.00. The summed E-state index contributed by atoms with van der Waals surface area (Å²) in [6.45, 7) is 2.34. The van der Waals surface area contributed by atoms with Crippen LogP contribution in [0.2, 0.25) is 0 Å². The molecule has 0 aromatic carbocycles. The maximum Gasteiger partial charge on any atom is 0.0596 e. The minimum Gasteiger partial charge on any atom is -0.393 e. The second-order valence-corrected chi connectivity index (χ2v) is 8.13. The Morgan fingerprint density at radius 1 is 1.05 bits per heavy atom. The van der Waals surface area contributed by atoms with Gasteiger partial charge in [0, 0.05) is 44.1 Å². The Balaban J connectivity index is 0.00000132. The van der Waals surface area contributed by atoms with Gasteiger partial charge < -0.3 is 10.2 Å². The number of hydrogen-bond acceptors (Lipinski definition) is 2. The van der Waals surface area contributed by atoms with Crippen LogP contribution in [-0.4, -0.2) is 22.4 Å². The van der Waals surface area contributed by atoms with Gasteiger partial charge in [-0.1, -0.05) is 18.6 Å². The van der Waals surface area contributed by atoms with Gasteiger partial charge in [0.15, 0.2) is 0 Å². The average Bonchev–Trinajstić information content (AvgIpc) is 2.74. The van der Waals surface area contributed by atoms with E-state index in [1.807, 2.05) is 0 Å². The molecule has 4 rings (SSSR count). The smallest absolute Gasteiger partial charge is 0.0596 e. The van der Waals surface area contributed by atoms with Gasteiger partial charge in [-0.05, 0) is 80.5 Å². The van der Waals surface area contributed by atoms with E-state index in [0.29, 0.717) is 0 Å². The summed E-state index contributed by atoms with van der Waals surface area (Å²) in [5, 5.41) is 20.3. The van der Waals surface area contributed by atoms with Crippen LogP contribution < -0.4 is 0 Å². The van der Waals surface area contributed by atoms with Crippen LogP contribution in [0.1, 0.15) is 58.3 Å². The van der Waals surface area contributed by atoms with Crippen LogP contribution in [0.15, 0.2) is 11.6 Å². The van der Waals surface area contributed by atoms with Gasteiger partial charge in [-0.25, -0.2) is 0 Å². The van der Waals surface area contributed by atoms with E-state index < -0.39 is 0 Å². The molecule has 0 saturated heterocycles. The van der Waals surface area contributed by atoms with Gasteiger partial charge in [0.2, 0.25) is 0 Å². The molecule has 3 heteroatoms. The van der Waals surface area contributed by atoms with Crippen molar-refractivity contribution in [1.82, 2.24) is 0 Å². The van der Waals surface area contributed by atoms with Crippen molar-refractivity contribution in [2.45, 2.75) is 70.5 Å². The van der Waals surface area contributed by atoms with Gasteiger partial charge >= 0.3 is 0 Å². The zero-order valence-electron chi connectivity index (χ0n) is 13.2. The Bertz CT molecular complexity index is 435. The number of allylic oxidation sites excluding steroid dienone is 1. The summed E-state index contributed by atoms with van der Waals surface area (Å²) in [6, 6.07) is 0. The molecule has 2 N–H and O–H groups in total. The van der Waals surface area contributed by atoms with E-state index in [1.54, 1.807) is 5.57 Å². The summed E-state index contributed by atoms with van der Waals surface area (Å²) in [7, 11) is 0. The summed E-state index contributed by atoms with van der Waals surface area (Å²) >= 11 is 0. The third-order valence-electron chi connectivity index (χ3n) is 7.37. The first kappa shape index (κ1) is 16.9. The third-order valence-corrected chi connectivity index (χ3v) is 7.37. The predicted octanol–water partition coefficient (Wildman–Crippen LogP) is 3.28. The summed E-state index contributed by atoms with van der Waals surface area (Å²) in [5.41, 5.74) is 1.76.